The van der Waals surface area contributed by atoms with E-state index < -0.39 is 10.0 Å². The molecular formula is C37H55N3O5S. The molecule has 2 heterocycles. The maximum atomic E-state index is 13.9. The third-order valence-electron chi connectivity index (χ3n) is 10.8. The van der Waals surface area contributed by atoms with E-state index >= 15 is 0 Å². The van der Waals surface area contributed by atoms with E-state index in [1.54, 1.807) is 23.5 Å². The lowest BCUT2D eigenvalue weighted by molar-refractivity contribution is -0.136. The summed E-state index contributed by atoms with van der Waals surface area (Å²) in [6, 6.07) is 14.1. The summed E-state index contributed by atoms with van der Waals surface area (Å²) in [7, 11) is -0.250. The van der Waals surface area contributed by atoms with Crippen LogP contribution in [0.25, 0.3) is 0 Å². The summed E-state index contributed by atoms with van der Waals surface area (Å²) in [5.74, 6) is 1.11. The molecule has 3 fully saturated rings. The first-order chi connectivity index (χ1) is 22.1. The van der Waals surface area contributed by atoms with E-state index in [2.05, 4.69) is 35.2 Å². The van der Waals surface area contributed by atoms with Gasteiger partial charge in [-0.1, -0.05) is 36.8 Å². The molecule has 1 saturated carbocycles. The fraction of sp³-hybridized carbons (Fsp3) is 0.649. The monoisotopic (exact) mass is 653 g/mol. The molecule has 8 nitrogen and oxygen atoms in total. The van der Waals surface area contributed by atoms with E-state index in [0.29, 0.717) is 34.2 Å². The van der Waals surface area contributed by atoms with E-state index in [1.165, 1.54) is 50.8 Å². The molecule has 1 unspecified atom stereocenters. The highest BCUT2D eigenvalue weighted by molar-refractivity contribution is 7.89. The second-order valence-corrected chi connectivity index (χ2v) is 15.8. The minimum atomic E-state index is -3.72. The van der Waals surface area contributed by atoms with Crippen molar-refractivity contribution in [1.82, 2.24) is 14.1 Å². The predicted octanol–water partition coefficient (Wildman–Crippen LogP) is 5.99. The van der Waals surface area contributed by atoms with Crippen molar-refractivity contribution in [3.05, 3.63) is 59.2 Å². The van der Waals surface area contributed by atoms with E-state index in [9.17, 15) is 13.2 Å². The van der Waals surface area contributed by atoms with Gasteiger partial charge in [-0.25, -0.2) is 8.42 Å². The molecule has 5 rings (SSSR count). The number of likely N-dealkylation sites (tertiary alicyclic amines) is 1. The molecule has 254 valence electrons. The summed E-state index contributed by atoms with van der Waals surface area (Å²) in [6.45, 7) is 7.46. The van der Waals surface area contributed by atoms with Crippen LogP contribution in [-0.4, -0.2) is 93.6 Å². The Morgan fingerprint density at radius 2 is 1.61 bits per heavy atom. The van der Waals surface area contributed by atoms with Crippen molar-refractivity contribution in [2.45, 2.75) is 101 Å². The van der Waals surface area contributed by atoms with E-state index in [4.69, 9.17) is 9.47 Å². The van der Waals surface area contributed by atoms with Crippen LogP contribution in [0.3, 0.4) is 0 Å². The molecule has 2 aromatic rings. The van der Waals surface area contributed by atoms with Crippen molar-refractivity contribution in [1.29, 1.82) is 0 Å². The van der Waals surface area contributed by atoms with Gasteiger partial charge >= 0.3 is 0 Å². The number of hydrogen-bond acceptors (Lipinski definition) is 6. The number of sulfonamides is 1. The number of hydrogen-bond donors (Lipinski definition) is 0. The van der Waals surface area contributed by atoms with Crippen LogP contribution < -0.4 is 4.74 Å². The average molecular weight is 654 g/mol. The molecular weight excluding hydrogens is 598 g/mol. The highest BCUT2D eigenvalue weighted by Crippen LogP contribution is 2.42. The van der Waals surface area contributed by atoms with E-state index in [1.807, 2.05) is 25.8 Å². The lowest BCUT2D eigenvalue weighted by Crippen LogP contribution is -2.51. The summed E-state index contributed by atoms with van der Waals surface area (Å²) < 4.78 is 40.6. The molecule has 0 spiro atoms. The normalized spacial score (nSPS) is 24.6. The maximum absolute atomic E-state index is 13.9. The second-order valence-electron chi connectivity index (χ2n) is 14.0. The summed E-state index contributed by atoms with van der Waals surface area (Å²) >= 11 is 0. The van der Waals surface area contributed by atoms with Crippen LogP contribution in [0.5, 0.6) is 5.75 Å². The lowest BCUT2D eigenvalue weighted by atomic mass is 9.72. The summed E-state index contributed by atoms with van der Waals surface area (Å²) in [5.41, 5.74) is 3.06. The quantitative estimate of drug-likeness (QED) is 0.265. The minimum Gasteiger partial charge on any atom is -0.497 e. The van der Waals surface area contributed by atoms with Gasteiger partial charge in [-0.05, 0) is 126 Å². The molecule has 2 saturated heterocycles. The van der Waals surface area contributed by atoms with Gasteiger partial charge in [0.1, 0.15) is 12.4 Å². The van der Waals surface area contributed by atoms with Crippen LogP contribution in [0.1, 0.15) is 80.9 Å². The van der Waals surface area contributed by atoms with E-state index in [0.717, 1.165) is 45.1 Å². The maximum Gasteiger partial charge on any atom is 0.248 e. The van der Waals surface area contributed by atoms with Gasteiger partial charge in [-0.15, -0.1) is 0 Å². The molecule has 0 aromatic heterocycles. The zero-order chi connectivity index (χ0) is 32.7. The highest BCUT2D eigenvalue weighted by Gasteiger charge is 2.41. The van der Waals surface area contributed by atoms with Crippen molar-refractivity contribution >= 4 is 15.9 Å². The Morgan fingerprint density at radius 3 is 2.26 bits per heavy atom. The smallest absolute Gasteiger partial charge is 0.248 e. The van der Waals surface area contributed by atoms with Crippen molar-refractivity contribution < 1.29 is 22.7 Å². The number of rotatable bonds is 13. The number of aryl methyl sites for hydroxylation is 3. The van der Waals surface area contributed by atoms with Crippen molar-refractivity contribution in [3.8, 4) is 5.75 Å². The van der Waals surface area contributed by atoms with Gasteiger partial charge < -0.3 is 14.4 Å². The molecule has 0 radical (unpaired) electrons. The Hall–Kier alpha value is -2.46. The van der Waals surface area contributed by atoms with Crippen molar-refractivity contribution in [3.63, 3.8) is 0 Å². The van der Waals surface area contributed by atoms with Crippen LogP contribution in [0.15, 0.2) is 47.4 Å². The van der Waals surface area contributed by atoms with Crippen LogP contribution in [0.4, 0.5) is 0 Å². The van der Waals surface area contributed by atoms with Gasteiger partial charge in [0.2, 0.25) is 15.9 Å². The third kappa shape index (κ3) is 8.15. The zero-order valence-corrected chi connectivity index (χ0v) is 29.3. The molecule has 1 atom stereocenters. The topological polar surface area (TPSA) is 79.4 Å². The lowest BCUT2D eigenvalue weighted by Gasteiger charge is -2.47. The number of carbonyl (C=O) groups excluding carboxylic acids is 1. The number of benzene rings is 2. The molecule has 0 N–H and O–H groups in total. The molecule has 2 aliphatic heterocycles. The Kier molecular flexibility index (Phi) is 11.8. The van der Waals surface area contributed by atoms with Gasteiger partial charge in [0, 0.05) is 31.7 Å². The van der Waals surface area contributed by atoms with Crippen molar-refractivity contribution in [2.75, 3.05) is 53.6 Å². The zero-order valence-electron chi connectivity index (χ0n) is 28.5. The fourth-order valence-corrected chi connectivity index (χ4v) is 10.3. The molecule has 9 heteroatoms. The Morgan fingerprint density at radius 1 is 0.957 bits per heavy atom. The van der Waals surface area contributed by atoms with Crippen LogP contribution >= 0.6 is 0 Å². The molecule has 46 heavy (non-hydrogen) atoms. The number of carbonyl (C=O) groups is 1. The minimum absolute atomic E-state index is 0.0248. The fourth-order valence-electron chi connectivity index (χ4n) is 8.23. The number of methoxy groups -OCH3 is 1. The van der Waals surface area contributed by atoms with Crippen molar-refractivity contribution in [2.24, 2.45) is 5.92 Å². The molecule has 1 aliphatic carbocycles. The average Bonchev–Trinajstić information content (AvgIpc) is 3.61. The number of amides is 1. The molecule has 1 amide bonds. The number of ether oxygens (including phenoxy) is 2. The van der Waals surface area contributed by atoms with Gasteiger partial charge in [-0.3, -0.25) is 9.69 Å². The SMILES string of the molecule is COc1cc(C)c(S(=O)(=O)N2CCCCC2COCC(=O)N(C)CC2CCC(CCc3ccccc3)(N3CCCC3)CC2)c(C)c1. The van der Waals surface area contributed by atoms with Crippen LogP contribution in [-0.2, 0) is 26.0 Å². The Labute approximate surface area is 277 Å². The highest BCUT2D eigenvalue weighted by atomic mass is 32.2. The number of nitrogens with zero attached hydrogens (tertiary/aromatic N) is 3. The first kappa shape index (κ1) is 34.9. The predicted molar refractivity (Wildman–Crippen MR) is 183 cm³/mol. The molecule has 3 aliphatic rings. The third-order valence-corrected chi connectivity index (χ3v) is 13.1. The van der Waals surface area contributed by atoms with Gasteiger partial charge in [0.15, 0.2) is 0 Å². The largest absolute Gasteiger partial charge is 0.497 e. The van der Waals surface area contributed by atoms with Crippen LogP contribution in [0, 0.1) is 19.8 Å². The summed E-state index contributed by atoms with van der Waals surface area (Å²) in [4.78, 5) is 18.1. The number of piperidine rings is 1. The summed E-state index contributed by atoms with van der Waals surface area (Å²) in [5, 5.41) is 0. The summed E-state index contributed by atoms with van der Waals surface area (Å²) in [6.07, 6.45) is 12.1. The van der Waals surface area contributed by atoms with Gasteiger partial charge in [-0.2, -0.15) is 4.31 Å². The first-order valence-corrected chi connectivity index (χ1v) is 18.8. The van der Waals surface area contributed by atoms with Crippen LogP contribution in [0.2, 0.25) is 0 Å². The standard InChI is InChI=1S/C37H55N3O5S/c1-29-24-34(44-4)25-30(2)36(29)46(42,43)40-23-9-8-14-33(40)27-45-28-35(41)38(3)26-32-16-19-37(20-17-32,39-21-10-11-22-39)18-15-31-12-6-5-7-13-31/h5-7,12-13,24-25,32-33H,8-11,14-23,26-28H2,1-4H3. The first-order valence-electron chi connectivity index (χ1n) is 17.4. The molecule has 0 bridgehead atoms. The Balaban J connectivity index is 1.12. The Bertz CT molecular complexity index is 1380. The van der Waals surface area contributed by atoms with Gasteiger partial charge in [0.05, 0.1) is 18.6 Å². The van der Waals surface area contributed by atoms with Gasteiger partial charge in [0.25, 0.3) is 0 Å². The second kappa shape index (κ2) is 15.6. The molecule has 2 aromatic carbocycles. The number of likely N-dealkylation sites (N-methyl/N-ethyl adjacent to an activating group) is 1. The van der Waals surface area contributed by atoms with E-state index in [-0.39, 0.29) is 30.7 Å².